The number of amides is 1. The minimum absolute atomic E-state index is 0. The fourth-order valence-electron chi connectivity index (χ4n) is 1.49. The maximum atomic E-state index is 11.8. The van der Waals surface area contributed by atoms with Crippen LogP contribution in [0.15, 0.2) is 30.5 Å². The molecule has 0 saturated carbocycles. The van der Waals surface area contributed by atoms with E-state index < -0.39 is 0 Å². The highest BCUT2D eigenvalue weighted by Gasteiger charge is 2.13. The summed E-state index contributed by atoms with van der Waals surface area (Å²) in [6.45, 7) is 0. The SMILES string of the molecule is CN(C(=N)N)C(=O)c1ccc2[nH]ccc2c1.Cl. The first-order valence-electron chi connectivity index (χ1n) is 4.79. The number of hydrogen-bond acceptors (Lipinski definition) is 2. The normalized spacial score (nSPS) is 9.71. The van der Waals surface area contributed by atoms with Gasteiger partial charge in [-0.2, -0.15) is 0 Å². The maximum absolute atomic E-state index is 11.8. The molecular weight excluding hydrogens is 240 g/mol. The third-order valence-electron chi connectivity index (χ3n) is 2.47. The third-order valence-corrected chi connectivity index (χ3v) is 2.47. The van der Waals surface area contributed by atoms with Crippen molar-refractivity contribution in [2.24, 2.45) is 5.73 Å². The summed E-state index contributed by atoms with van der Waals surface area (Å²) in [7, 11) is 1.48. The highest BCUT2D eigenvalue weighted by atomic mass is 35.5. The Bertz CT molecular complexity index is 563. The van der Waals surface area contributed by atoms with Gasteiger partial charge in [0.25, 0.3) is 5.91 Å². The second-order valence-electron chi connectivity index (χ2n) is 3.53. The van der Waals surface area contributed by atoms with E-state index >= 15 is 0 Å². The van der Waals surface area contributed by atoms with Gasteiger partial charge in [0.2, 0.25) is 0 Å². The number of aromatic amines is 1. The molecule has 5 nitrogen and oxygen atoms in total. The molecule has 1 amide bonds. The molecule has 1 aromatic carbocycles. The zero-order valence-electron chi connectivity index (χ0n) is 9.23. The Morgan fingerprint density at radius 2 is 2.12 bits per heavy atom. The first-order valence-corrected chi connectivity index (χ1v) is 4.79. The van der Waals surface area contributed by atoms with Gasteiger partial charge in [-0.3, -0.25) is 15.1 Å². The van der Waals surface area contributed by atoms with E-state index in [1.165, 1.54) is 7.05 Å². The summed E-state index contributed by atoms with van der Waals surface area (Å²) in [5, 5.41) is 8.15. The molecule has 0 unspecified atom stereocenters. The van der Waals surface area contributed by atoms with Crippen LogP contribution in [0.25, 0.3) is 10.9 Å². The van der Waals surface area contributed by atoms with E-state index in [2.05, 4.69) is 4.98 Å². The number of hydrogen-bond donors (Lipinski definition) is 3. The van der Waals surface area contributed by atoms with Crippen molar-refractivity contribution < 1.29 is 4.79 Å². The van der Waals surface area contributed by atoms with Crippen LogP contribution in [0.3, 0.4) is 0 Å². The van der Waals surface area contributed by atoms with E-state index in [0.29, 0.717) is 5.56 Å². The molecule has 0 fully saturated rings. The van der Waals surface area contributed by atoms with Crippen LogP contribution in [0, 0.1) is 5.41 Å². The molecule has 0 bridgehead atoms. The van der Waals surface area contributed by atoms with Crippen LogP contribution >= 0.6 is 12.4 Å². The summed E-state index contributed by atoms with van der Waals surface area (Å²) in [5.41, 5.74) is 6.74. The first-order chi connectivity index (χ1) is 7.59. The molecule has 6 heteroatoms. The Kier molecular flexibility index (Phi) is 3.75. The van der Waals surface area contributed by atoms with E-state index in [1.807, 2.05) is 18.3 Å². The van der Waals surface area contributed by atoms with E-state index in [1.54, 1.807) is 12.1 Å². The fourth-order valence-corrected chi connectivity index (χ4v) is 1.49. The number of nitrogens with one attached hydrogen (secondary N) is 2. The maximum Gasteiger partial charge on any atom is 0.260 e. The van der Waals surface area contributed by atoms with Crippen LogP contribution in [0.2, 0.25) is 0 Å². The number of carbonyl (C=O) groups is 1. The molecule has 0 saturated heterocycles. The molecule has 0 aliphatic rings. The summed E-state index contributed by atoms with van der Waals surface area (Å²) < 4.78 is 0. The van der Waals surface area contributed by atoms with E-state index in [9.17, 15) is 4.79 Å². The van der Waals surface area contributed by atoms with Crippen LogP contribution in [0.1, 0.15) is 10.4 Å². The van der Waals surface area contributed by atoms with E-state index in [0.717, 1.165) is 15.8 Å². The Morgan fingerprint density at radius 3 is 2.76 bits per heavy atom. The van der Waals surface area contributed by atoms with Gasteiger partial charge in [0.05, 0.1) is 0 Å². The number of fused-ring (bicyclic) bond motifs is 1. The standard InChI is InChI=1S/C11H12N4O.ClH/c1-15(11(12)13)10(16)8-2-3-9-7(6-8)4-5-14-9;/h2-6,14H,1H3,(H3,12,13);1H. The summed E-state index contributed by atoms with van der Waals surface area (Å²) in [5.74, 6) is -0.547. The second kappa shape index (κ2) is 4.88. The Morgan fingerprint density at radius 1 is 1.41 bits per heavy atom. The van der Waals surface area contributed by atoms with Gasteiger partial charge in [-0.15, -0.1) is 12.4 Å². The van der Waals surface area contributed by atoms with Crippen molar-refractivity contribution >= 4 is 35.2 Å². The average Bonchev–Trinajstić information content (AvgIpc) is 2.73. The summed E-state index contributed by atoms with van der Waals surface area (Å²) >= 11 is 0. The Labute approximate surface area is 105 Å². The molecule has 0 atom stereocenters. The number of rotatable bonds is 1. The fraction of sp³-hybridized carbons (Fsp3) is 0.0909. The molecule has 1 aromatic heterocycles. The monoisotopic (exact) mass is 252 g/mol. The van der Waals surface area contributed by atoms with Crippen molar-refractivity contribution in [3.05, 3.63) is 36.0 Å². The van der Waals surface area contributed by atoms with Gasteiger partial charge >= 0.3 is 0 Å². The Balaban J connectivity index is 0.00000144. The van der Waals surface area contributed by atoms with Gasteiger partial charge in [-0.05, 0) is 24.3 Å². The van der Waals surface area contributed by atoms with Crippen LogP contribution in [-0.4, -0.2) is 28.8 Å². The third kappa shape index (κ3) is 2.39. The zero-order valence-corrected chi connectivity index (χ0v) is 10.0. The first kappa shape index (κ1) is 13.1. The largest absolute Gasteiger partial charge is 0.370 e. The quantitative estimate of drug-likeness (QED) is 0.531. The zero-order chi connectivity index (χ0) is 11.7. The lowest BCUT2D eigenvalue weighted by atomic mass is 10.1. The minimum Gasteiger partial charge on any atom is -0.370 e. The van der Waals surface area contributed by atoms with Gasteiger partial charge in [0, 0.05) is 29.7 Å². The van der Waals surface area contributed by atoms with Gasteiger partial charge in [0.1, 0.15) is 0 Å². The van der Waals surface area contributed by atoms with Gasteiger partial charge in [-0.1, -0.05) is 0 Å². The predicted molar refractivity (Wildman–Crippen MR) is 69.6 cm³/mol. The lowest BCUT2D eigenvalue weighted by Crippen LogP contribution is -2.37. The van der Waals surface area contributed by atoms with Crippen LogP contribution in [0.5, 0.6) is 0 Å². The molecule has 0 aliphatic heterocycles. The van der Waals surface area contributed by atoms with Gasteiger partial charge in [-0.25, -0.2) is 0 Å². The molecule has 1 heterocycles. The molecule has 90 valence electrons. The highest BCUT2D eigenvalue weighted by Crippen LogP contribution is 2.15. The number of carbonyl (C=O) groups excluding carboxylic acids is 1. The van der Waals surface area contributed by atoms with Crippen molar-refractivity contribution in [2.45, 2.75) is 0 Å². The number of guanidine groups is 1. The average molecular weight is 253 g/mol. The van der Waals surface area contributed by atoms with Crippen molar-refractivity contribution in [2.75, 3.05) is 7.05 Å². The molecule has 2 rings (SSSR count). The molecule has 2 aromatic rings. The molecule has 0 aliphatic carbocycles. The van der Waals surface area contributed by atoms with Crippen molar-refractivity contribution in [3.8, 4) is 0 Å². The predicted octanol–water partition coefficient (Wildman–Crippen LogP) is 1.56. The van der Waals surface area contributed by atoms with Gasteiger partial charge in [0.15, 0.2) is 5.96 Å². The smallest absolute Gasteiger partial charge is 0.260 e. The molecule has 4 N–H and O–H groups in total. The van der Waals surface area contributed by atoms with E-state index in [-0.39, 0.29) is 24.3 Å². The molecule has 17 heavy (non-hydrogen) atoms. The van der Waals surface area contributed by atoms with Crippen LogP contribution in [-0.2, 0) is 0 Å². The topological polar surface area (TPSA) is 86.0 Å². The van der Waals surface area contributed by atoms with Crippen LogP contribution < -0.4 is 5.73 Å². The minimum atomic E-state index is -0.282. The molecule has 0 radical (unpaired) electrons. The number of benzene rings is 1. The number of H-pyrrole nitrogens is 1. The number of nitrogens with zero attached hydrogens (tertiary/aromatic N) is 1. The lowest BCUT2D eigenvalue weighted by Gasteiger charge is -2.14. The van der Waals surface area contributed by atoms with Crippen LogP contribution in [0.4, 0.5) is 0 Å². The highest BCUT2D eigenvalue weighted by molar-refractivity contribution is 6.05. The number of halogens is 1. The van der Waals surface area contributed by atoms with Crippen molar-refractivity contribution in [1.29, 1.82) is 5.41 Å². The summed E-state index contributed by atoms with van der Waals surface area (Å²) in [4.78, 5) is 16.0. The summed E-state index contributed by atoms with van der Waals surface area (Å²) in [6.07, 6.45) is 1.81. The number of nitrogens with two attached hydrogens (primary N) is 1. The Hall–Kier alpha value is -2.01. The van der Waals surface area contributed by atoms with Gasteiger partial charge < -0.3 is 10.7 Å². The van der Waals surface area contributed by atoms with E-state index in [4.69, 9.17) is 11.1 Å². The van der Waals surface area contributed by atoms with Crippen molar-refractivity contribution in [1.82, 2.24) is 9.88 Å². The lowest BCUT2D eigenvalue weighted by molar-refractivity contribution is 0.0869. The molecular formula is C11H13ClN4O. The molecule has 0 spiro atoms. The second-order valence-corrected chi connectivity index (χ2v) is 3.53. The van der Waals surface area contributed by atoms with Crippen molar-refractivity contribution in [3.63, 3.8) is 0 Å². The number of aromatic nitrogens is 1. The summed E-state index contributed by atoms with van der Waals surface area (Å²) in [6, 6.07) is 7.20.